The van der Waals surface area contributed by atoms with Gasteiger partial charge in [0.15, 0.2) is 0 Å². The smallest absolute Gasteiger partial charge is 0.244 e. The Labute approximate surface area is 128 Å². The summed E-state index contributed by atoms with van der Waals surface area (Å²) in [7, 11) is 0. The molecule has 22 heavy (non-hydrogen) atoms. The van der Waals surface area contributed by atoms with Crippen LogP contribution in [-0.4, -0.2) is 17.1 Å². The maximum atomic E-state index is 12.0. The Balaban J connectivity index is 1.67. The van der Waals surface area contributed by atoms with Gasteiger partial charge in [0.1, 0.15) is 0 Å². The van der Waals surface area contributed by atoms with Crippen molar-refractivity contribution in [2.75, 3.05) is 0 Å². The first-order chi connectivity index (χ1) is 10.8. The molecule has 4 heteroatoms. The number of hydrogen-bond donors (Lipinski definition) is 1. The van der Waals surface area contributed by atoms with Crippen LogP contribution in [0.4, 0.5) is 0 Å². The van der Waals surface area contributed by atoms with Crippen LogP contribution in [0.2, 0.25) is 0 Å². The van der Waals surface area contributed by atoms with E-state index in [4.69, 9.17) is 0 Å². The summed E-state index contributed by atoms with van der Waals surface area (Å²) in [6.45, 7) is 0. The van der Waals surface area contributed by atoms with Gasteiger partial charge < -0.3 is 0 Å². The van der Waals surface area contributed by atoms with Crippen LogP contribution in [0.15, 0.2) is 72.1 Å². The first kappa shape index (κ1) is 13.9. The highest BCUT2D eigenvalue weighted by Gasteiger charge is 2.05. The van der Waals surface area contributed by atoms with Gasteiger partial charge in [-0.05, 0) is 22.4 Å². The van der Waals surface area contributed by atoms with Gasteiger partial charge in [-0.2, -0.15) is 5.10 Å². The normalized spacial score (nSPS) is 10.9. The molecule has 0 atom stereocenters. The molecule has 0 radical (unpaired) electrons. The summed E-state index contributed by atoms with van der Waals surface area (Å²) < 4.78 is 0. The van der Waals surface area contributed by atoms with Gasteiger partial charge in [-0.3, -0.25) is 9.78 Å². The Morgan fingerprint density at radius 3 is 2.82 bits per heavy atom. The molecule has 1 amide bonds. The van der Waals surface area contributed by atoms with E-state index >= 15 is 0 Å². The van der Waals surface area contributed by atoms with Crippen molar-refractivity contribution < 1.29 is 4.79 Å². The Morgan fingerprint density at radius 2 is 1.95 bits per heavy atom. The maximum absolute atomic E-state index is 12.0. The van der Waals surface area contributed by atoms with Gasteiger partial charge in [0.25, 0.3) is 0 Å². The van der Waals surface area contributed by atoms with Crippen molar-refractivity contribution in [3.05, 3.63) is 78.1 Å². The van der Waals surface area contributed by atoms with E-state index in [-0.39, 0.29) is 5.91 Å². The molecular formula is C18H15N3O. The number of carbonyl (C=O) groups excluding carboxylic acids is 1. The number of rotatable bonds is 4. The molecule has 0 aliphatic heterocycles. The molecule has 2 aromatic carbocycles. The summed E-state index contributed by atoms with van der Waals surface area (Å²) in [4.78, 5) is 16.0. The van der Waals surface area contributed by atoms with Crippen molar-refractivity contribution in [3.63, 3.8) is 0 Å². The topological polar surface area (TPSA) is 54.4 Å². The van der Waals surface area contributed by atoms with Crippen molar-refractivity contribution in [2.45, 2.75) is 6.42 Å². The quantitative estimate of drug-likeness (QED) is 0.593. The van der Waals surface area contributed by atoms with Crippen LogP contribution >= 0.6 is 0 Å². The zero-order chi connectivity index (χ0) is 15.2. The third-order valence-electron chi connectivity index (χ3n) is 3.32. The second-order valence-corrected chi connectivity index (χ2v) is 4.89. The van der Waals surface area contributed by atoms with Crippen LogP contribution in [0.5, 0.6) is 0 Å². The highest BCUT2D eigenvalue weighted by molar-refractivity contribution is 5.90. The van der Waals surface area contributed by atoms with Crippen LogP contribution < -0.4 is 5.43 Å². The first-order valence-electron chi connectivity index (χ1n) is 7.01. The van der Waals surface area contributed by atoms with E-state index in [1.54, 1.807) is 18.6 Å². The summed E-state index contributed by atoms with van der Waals surface area (Å²) in [5, 5.41) is 6.18. The molecule has 1 aromatic heterocycles. The number of aromatic nitrogens is 1. The number of amides is 1. The number of nitrogens with zero attached hydrogens (tertiary/aromatic N) is 2. The molecule has 3 aromatic rings. The van der Waals surface area contributed by atoms with Crippen LogP contribution in [0.3, 0.4) is 0 Å². The largest absolute Gasteiger partial charge is 0.273 e. The molecule has 4 nitrogen and oxygen atoms in total. The molecule has 3 rings (SSSR count). The number of carbonyl (C=O) groups is 1. The predicted molar refractivity (Wildman–Crippen MR) is 87.6 cm³/mol. The van der Waals surface area contributed by atoms with E-state index < -0.39 is 0 Å². The zero-order valence-electron chi connectivity index (χ0n) is 11.9. The molecule has 1 N–H and O–H groups in total. The fourth-order valence-electron chi connectivity index (χ4n) is 2.29. The fraction of sp³-hybridized carbons (Fsp3) is 0.0556. The van der Waals surface area contributed by atoms with Crippen molar-refractivity contribution in [1.82, 2.24) is 10.4 Å². The molecule has 108 valence electrons. The number of hydrogen-bond acceptors (Lipinski definition) is 3. The summed E-state index contributed by atoms with van der Waals surface area (Å²) >= 11 is 0. The minimum atomic E-state index is -0.142. The molecule has 0 saturated heterocycles. The third-order valence-corrected chi connectivity index (χ3v) is 3.32. The highest BCUT2D eigenvalue weighted by Crippen LogP contribution is 2.18. The van der Waals surface area contributed by atoms with Gasteiger partial charge in [0.2, 0.25) is 5.91 Å². The van der Waals surface area contributed by atoms with Gasteiger partial charge in [0, 0.05) is 18.0 Å². The molecule has 1 heterocycles. The van der Waals surface area contributed by atoms with Crippen LogP contribution in [0, 0.1) is 0 Å². The average Bonchev–Trinajstić information content (AvgIpc) is 2.56. The SMILES string of the molecule is O=C(Cc1cccc2ccccc12)N/N=C\c1cccnc1. The number of benzene rings is 2. The van der Waals surface area contributed by atoms with Gasteiger partial charge in [-0.25, -0.2) is 5.43 Å². The van der Waals surface area contributed by atoms with Crippen LogP contribution in [0.25, 0.3) is 10.8 Å². The molecular weight excluding hydrogens is 274 g/mol. The van der Waals surface area contributed by atoms with Gasteiger partial charge >= 0.3 is 0 Å². The fourth-order valence-corrected chi connectivity index (χ4v) is 2.29. The maximum Gasteiger partial charge on any atom is 0.244 e. The second-order valence-electron chi connectivity index (χ2n) is 4.89. The molecule has 0 aliphatic rings. The highest BCUT2D eigenvalue weighted by atomic mass is 16.2. The standard InChI is InChI=1S/C18H15N3O/c22-18(21-20-13-14-5-4-10-19-12-14)11-16-8-3-7-15-6-1-2-9-17(15)16/h1-10,12-13H,11H2,(H,21,22)/b20-13-. The number of nitrogens with one attached hydrogen (secondary N) is 1. The lowest BCUT2D eigenvalue weighted by atomic mass is 10.0. The number of fused-ring (bicyclic) bond motifs is 1. The first-order valence-corrected chi connectivity index (χ1v) is 7.01. The van der Waals surface area contributed by atoms with E-state index in [9.17, 15) is 4.79 Å². The van der Waals surface area contributed by atoms with Crippen molar-refractivity contribution in [1.29, 1.82) is 0 Å². The summed E-state index contributed by atoms with van der Waals surface area (Å²) in [6, 6.07) is 17.7. The Morgan fingerprint density at radius 1 is 1.09 bits per heavy atom. The van der Waals surface area contributed by atoms with Crippen molar-refractivity contribution in [2.24, 2.45) is 5.10 Å². The Kier molecular flexibility index (Phi) is 4.20. The lowest BCUT2D eigenvalue weighted by molar-refractivity contribution is -0.120. The minimum absolute atomic E-state index is 0.142. The van der Waals surface area contributed by atoms with Gasteiger partial charge in [-0.1, -0.05) is 48.5 Å². The van der Waals surface area contributed by atoms with Crippen LogP contribution in [0.1, 0.15) is 11.1 Å². The monoisotopic (exact) mass is 289 g/mol. The van der Waals surface area contributed by atoms with Gasteiger partial charge in [0.05, 0.1) is 12.6 Å². The van der Waals surface area contributed by atoms with E-state index in [0.717, 1.165) is 21.9 Å². The van der Waals surface area contributed by atoms with E-state index in [1.807, 2.05) is 54.6 Å². The molecule has 0 saturated carbocycles. The molecule has 0 spiro atoms. The lowest BCUT2D eigenvalue weighted by Crippen LogP contribution is -2.19. The molecule has 0 bridgehead atoms. The number of hydrazone groups is 1. The molecule has 0 fully saturated rings. The Hall–Kier alpha value is -3.01. The Bertz CT molecular complexity index is 807. The lowest BCUT2D eigenvalue weighted by Gasteiger charge is -2.05. The van der Waals surface area contributed by atoms with Crippen molar-refractivity contribution >= 4 is 22.9 Å². The van der Waals surface area contributed by atoms with E-state index in [0.29, 0.717) is 6.42 Å². The molecule has 0 aliphatic carbocycles. The average molecular weight is 289 g/mol. The van der Waals surface area contributed by atoms with Gasteiger partial charge in [-0.15, -0.1) is 0 Å². The van der Waals surface area contributed by atoms with E-state index in [1.165, 1.54) is 0 Å². The molecule has 0 unspecified atom stereocenters. The second kappa shape index (κ2) is 6.63. The van der Waals surface area contributed by atoms with Crippen LogP contribution in [-0.2, 0) is 11.2 Å². The summed E-state index contributed by atoms with van der Waals surface area (Å²) in [6.07, 6.45) is 5.25. The minimum Gasteiger partial charge on any atom is -0.273 e. The van der Waals surface area contributed by atoms with Crippen molar-refractivity contribution in [3.8, 4) is 0 Å². The third kappa shape index (κ3) is 3.35. The summed E-state index contributed by atoms with van der Waals surface area (Å²) in [5.41, 5.74) is 4.38. The summed E-state index contributed by atoms with van der Waals surface area (Å²) in [5.74, 6) is -0.142. The zero-order valence-corrected chi connectivity index (χ0v) is 11.9. The number of pyridine rings is 1. The predicted octanol–water partition coefficient (Wildman–Crippen LogP) is 2.93. The van der Waals surface area contributed by atoms with E-state index in [2.05, 4.69) is 15.5 Å².